The predicted molar refractivity (Wildman–Crippen MR) is 81.1 cm³/mol. The molecule has 1 aromatic rings. The number of nitrogens with one attached hydrogen (secondary N) is 1. The van der Waals surface area contributed by atoms with E-state index in [1.165, 1.54) is 35.1 Å². The third-order valence-corrected chi connectivity index (χ3v) is 3.58. The lowest BCUT2D eigenvalue weighted by Gasteiger charge is -2.20. The zero-order valence-corrected chi connectivity index (χ0v) is 12.9. The van der Waals surface area contributed by atoms with Gasteiger partial charge in [0.2, 0.25) is 0 Å². The van der Waals surface area contributed by atoms with E-state index in [-0.39, 0.29) is 0 Å². The van der Waals surface area contributed by atoms with Gasteiger partial charge in [-0.3, -0.25) is 0 Å². The smallest absolute Gasteiger partial charge is 0.0297 e. The molecule has 0 bridgehead atoms. The Morgan fingerprint density at radius 1 is 1.00 bits per heavy atom. The minimum Gasteiger partial charge on any atom is -0.310 e. The molecular formula is C17H29N. The van der Waals surface area contributed by atoms with Gasteiger partial charge in [-0.05, 0) is 69.7 Å². The van der Waals surface area contributed by atoms with E-state index in [1.54, 1.807) is 0 Å². The van der Waals surface area contributed by atoms with Crippen molar-refractivity contribution >= 4 is 0 Å². The Bertz CT molecular complexity index is 356. The van der Waals surface area contributed by atoms with Crippen LogP contribution in [-0.2, 0) is 0 Å². The van der Waals surface area contributed by atoms with E-state index < -0.39 is 0 Å². The minimum absolute atomic E-state index is 0.456. The van der Waals surface area contributed by atoms with Gasteiger partial charge in [-0.15, -0.1) is 0 Å². The van der Waals surface area contributed by atoms with Gasteiger partial charge in [0.25, 0.3) is 0 Å². The maximum absolute atomic E-state index is 3.66. The average Bonchev–Trinajstić information content (AvgIpc) is 2.22. The highest BCUT2D eigenvalue weighted by atomic mass is 14.9. The summed E-state index contributed by atoms with van der Waals surface area (Å²) in [5, 5.41) is 3.66. The van der Waals surface area contributed by atoms with Crippen LogP contribution < -0.4 is 5.32 Å². The fourth-order valence-corrected chi connectivity index (χ4v) is 2.81. The maximum Gasteiger partial charge on any atom is 0.0297 e. The largest absolute Gasteiger partial charge is 0.310 e. The topological polar surface area (TPSA) is 12.0 Å². The van der Waals surface area contributed by atoms with Gasteiger partial charge in [-0.2, -0.15) is 0 Å². The zero-order chi connectivity index (χ0) is 13.7. The lowest BCUT2D eigenvalue weighted by atomic mass is 9.95. The van der Waals surface area contributed by atoms with Crippen molar-refractivity contribution in [3.05, 3.63) is 34.4 Å². The van der Waals surface area contributed by atoms with Gasteiger partial charge >= 0.3 is 0 Å². The number of hydrogen-bond acceptors (Lipinski definition) is 1. The Balaban J connectivity index is 2.59. The highest BCUT2D eigenvalue weighted by Gasteiger charge is 2.11. The Morgan fingerprint density at radius 3 is 2.06 bits per heavy atom. The molecule has 1 atom stereocenters. The summed E-state index contributed by atoms with van der Waals surface area (Å²) >= 11 is 0. The molecule has 1 unspecified atom stereocenters. The summed E-state index contributed by atoms with van der Waals surface area (Å²) < 4.78 is 0. The van der Waals surface area contributed by atoms with Gasteiger partial charge in [-0.25, -0.2) is 0 Å². The molecule has 1 N–H and O–H groups in total. The van der Waals surface area contributed by atoms with Crippen LogP contribution in [0.4, 0.5) is 0 Å². The lowest BCUT2D eigenvalue weighted by molar-refractivity contribution is 0.496. The number of benzene rings is 1. The second kappa shape index (κ2) is 6.94. The van der Waals surface area contributed by atoms with Crippen LogP contribution in [0.1, 0.15) is 61.9 Å². The molecule has 1 heteroatoms. The first kappa shape index (κ1) is 15.2. The van der Waals surface area contributed by atoms with Crippen molar-refractivity contribution in [1.82, 2.24) is 5.32 Å². The van der Waals surface area contributed by atoms with E-state index in [2.05, 4.69) is 59.0 Å². The molecular weight excluding hydrogens is 218 g/mol. The Morgan fingerprint density at radius 2 is 1.56 bits per heavy atom. The molecule has 102 valence electrons. The molecule has 18 heavy (non-hydrogen) atoms. The summed E-state index contributed by atoms with van der Waals surface area (Å²) in [5.74, 6) is 0.810. The van der Waals surface area contributed by atoms with Crippen molar-refractivity contribution in [3.63, 3.8) is 0 Å². The fraction of sp³-hybridized carbons (Fsp3) is 0.647. The van der Waals surface area contributed by atoms with E-state index in [9.17, 15) is 0 Å². The van der Waals surface area contributed by atoms with E-state index in [0.717, 1.165) is 12.5 Å². The van der Waals surface area contributed by atoms with E-state index in [0.29, 0.717) is 6.04 Å². The summed E-state index contributed by atoms with van der Waals surface area (Å²) in [6.07, 6.45) is 2.58. The number of hydrogen-bond donors (Lipinski definition) is 1. The molecule has 0 aliphatic heterocycles. The van der Waals surface area contributed by atoms with Gasteiger partial charge in [0.15, 0.2) is 0 Å². The molecule has 0 spiro atoms. The summed E-state index contributed by atoms with van der Waals surface area (Å²) in [6, 6.07) is 5.03. The van der Waals surface area contributed by atoms with E-state index >= 15 is 0 Å². The lowest BCUT2D eigenvalue weighted by Crippen LogP contribution is -2.21. The maximum atomic E-state index is 3.66. The molecule has 0 heterocycles. The molecule has 1 nitrogen and oxygen atoms in total. The molecule has 0 saturated heterocycles. The van der Waals surface area contributed by atoms with Crippen LogP contribution in [0, 0.1) is 26.7 Å². The molecule has 0 saturated carbocycles. The van der Waals surface area contributed by atoms with Crippen LogP contribution in [0.25, 0.3) is 0 Å². The third-order valence-electron chi connectivity index (χ3n) is 3.58. The van der Waals surface area contributed by atoms with Crippen LogP contribution >= 0.6 is 0 Å². The molecule has 1 rings (SSSR count). The van der Waals surface area contributed by atoms with Gasteiger partial charge in [0, 0.05) is 6.04 Å². The summed E-state index contributed by atoms with van der Waals surface area (Å²) in [6.45, 7) is 14.6. The number of rotatable bonds is 6. The van der Waals surface area contributed by atoms with Crippen molar-refractivity contribution < 1.29 is 0 Å². The van der Waals surface area contributed by atoms with Gasteiger partial charge in [-0.1, -0.05) is 31.5 Å². The Kier molecular flexibility index (Phi) is 5.87. The molecule has 0 aliphatic rings. The fourth-order valence-electron chi connectivity index (χ4n) is 2.81. The van der Waals surface area contributed by atoms with Crippen molar-refractivity contribution in [1.29, 1.82) is 0 Å². The molecule has 1 aromatic carbocycles. The normalized spacial score (nSPS) is 13.1. The third kappa shape index (κ3) is 4.45. The van der Waals surface area contributed by atoms with Crippen molar-refractivity contribution in [2.75, 3.05) is 6.54 Å². The van der Waals surface area contributed by atoms with E-state index in [4.69, 9.17) is 0 Å². The first-order valence-corrected chi connectivity index (χ1v) is 7.23. The second-order valence-electron chi connectivity index (χ2n) is 6.02. The monoisotopic (exact) mass is 247 g/mol. The zero-order valence-electron chi connectivity index (χ0n) is 12.9. The van der Waals surface area contributed by atoms with Crippen LogP contribution in [-0.4, -0.2) is 6.54 Å². The molecule has 0 aromatic heterocycles. The first-order chi connectivity index (χ1) is 8.41. The predicted octanol–water partition coefficient (Wildman–Crippen LogP) is 4.70. The van der Waals surface area contributed by atoms with Crippen molar-refractivity contribution in [2.45, 2.75) is 60.4 Å². The molecule has 0 aliphatic carbocycles. The van der Waals surface area contributed by atoms with E-state index in [1.807, 2.05) is 0 Å². The number of aryl methyl sites for hydroxylation is 3. The highest BCUT2D eigenvalue weighted by Crippen LogP contribution is 2.23. The van der Waals surface area contributed by atoms with Crippen LogP contribution in [0.3, 0.4) is 0 Å². The Labute approximate surface area is 113 Å². The first-order valence-electron chi connectivity index (χ1n) is 7.23. The van der Waals surface area contributed by atoms with Crippen LogP contribution in [0.2, 0.25) is 0 Å². The van der Waals surface area contributed by atoms with Crippen LogP contribution in [0.5, 0.6) is 0 Å². The van der Waals surface area contributed by atoms with Crippen molar-refractivity contribution in [3.8, 4) is 0 Å². The summed E-state index contributed by atoms with van der Waals surface area (Å²) in [5.41, 5.74) is 5.67. The van der Waals surface area contributed by atoms with Gasteiger partial charge in [0.1, 0.15) is 0 Å². The van der Waals surface area contributed by atoms with Crippen LogP contribution in [0.15, 0.2) is 12.1 Å². The second-order valence-corrected chi connectivity index (χ2v) is 6.02. The minimum atomic E-state index is 0.456. The molecule has 0 fully saturated rings. The average molecular weight is 247 g/mol. The van der Waals surface area contributed by atoms with Gasteiger partial charge in [0.05, 0.1) is 0 Å². The Hall–Kier alpha value is -0.820. The standard InChI is InChI=1S/C17H29N/c1-12(2)8-7-9-18-16(6)17-14(4)10-13(3)11-15(17)5/h10-12,16,18H,7-9H2,1-6H3. The summed E-state index contributed by atoms with van der Waals surface area (Å²) in [7, 11) is 0. The summed E-state index contributed by atoms with van der Waals surface area (Å²) in [4.78, 5) is 0. The molecule has 0 radical (unpaired) electrons. The van der Waals surface area contributed by atoms with Gasteiger partial charge < -0.3 is 5.32 Å². The quantitative estimate of drug-likeness (QED) is 0.719. The van der Waals surface area contributed by atoms with Crippen molar-refractivity contribution in [2.24, 2.45) is 5.92 Å². The molecule has 0 amide bonds. The SMILES string of the molecule is Cc1cc(C)c(C(C)NCCCC(C)C)c(C)c1. The highest BCUT2D eigenvalue weighted by molar-refractivity contribution is 5.39.